The largest absolute Gasteiger partial charge is 0.365 e. The molecule has 1 aromatic carbocycles. The molecule has 0 aromatic heterocycles. The van der Waals surface area contributed by atoms with Gasteiger partial charge in [-0.1, -0.05) is 13.0 Å². The van der Waals surface area contributed by atoms with Crippen LogP contribution < -0.4 is 10.2 Å². The van der Waals surface area contributed by atoms with Crippen LogP contribution in [0.25, 0.3) is 0 Å². The fraction of sp³-hybridized carbons (Fsp3) is 0.625. The molecule has 19 heavy (non-hydrogen) atoms. The van der Waals surface area contributed by atoms with E-state index >= 15 is 0 Å². The van der Waals surface area contributed by atoms with Crippen LogP contribution in [-0.4, -0.2) is 24.7 Å². The van der Waals surface area contributed by atoms with Crippen LogP contribution in [0.4, 0.5) is 10.1 Å². The van der Waals surface area contributed by atoms with Gasteiger partial charge in [0.05, 0.1) is 0 Å². The average molecular weight is 262 g/mol. The second-order valence-corrected chi connectivity index (χ2v) is 5.85. The number of hydrogen-bond acceptors (Lipinski definition) is 2. The van der Waals surface area contributed by atoms with Gasteiger partial charge in [-0.3, -0.25) is 0 Å². The number of nitrogens with zero attached hydrogens (tertiary/aromatic N) is 1. The molecule has 104 valence electrons. The molecule has 2 nitrogen and oxygen atoms in total. The van der Waals surface area contributed by atoms with E-state index in [0.717, 1.165) is 12.2 Å². The molecule has 1 aromatic rings. The summed E-state index contributed by atoms with van der Waals surface area (Å²) in [4.78, 5) is 2.49. The lowest BCUT2D eigenvalue weighted by Gasteiger charge is -2.50. The molecule has 3 heteroatoms. The maximum atomic E-state index is 13.5. The smallest absolute Gasteiger partial charge is 0.125 e. The molecule has 0 spiro atoms. The first kappa shape index (κ1) is 12.9. The molecule has 2 fully saturated rings. The van der Waals surface area contributed by atoms with E-state index in [-0.39, 0.29) is 5.82 Å². The highest BCUT2D eigenvalue weighted by Crippen LogP contribution is 2.37. The maximum absolute atomic E-state index is 13.5. The fourth-order valence-electron chi connectivity index (χ4n) is 3.90. The Morgan fingerprint density at radius 1 is 1.26 bits per heavy atom. The molecule has 3 rings (SSSR count). The SMILES string of the molecule is CCNC1CC2CCCC(C1)N2c1cccc(F)c1. The van der Waals surface area contributed by atoms with E-state index in [2.05, 4.69) is 23.2 Å². The summed E-state index contributed by atoms with van der Waals surface area (Å²) < 4.78 is 13.5. The van der Waals surface area contributed by atoms with Crippen molar-refractivity contribution in [3.63, 3.8) is 0 Å². The molecule has 2 atom stereocenters. The summed E-state index contributed by atoms with van der Waals surface area (Å²) in [5.41, 5.74) is 1.07. The Morgan fingerprint density at radius 2 is 2.00 bits per heavy atom. The van der Waals surface area contributed by atoms with Crippen molar-refractivity contribution in [1.29, 1.82) is 0 Å². The maximum Gasteiger partial charge on any atom is 0.125 e. The Bertz CT molecular complexity index is 421. The summed E-state index contributed by atoms with van der Waals surface area (Å²) >= 11 is 0. The summed E-state index contributed by atoms with van der Waals surface area (Å²) in [5.74, 6) is -0.121. The Hall–Kier alpha value is -1.09. The van der Waals surface area contributed by atoms with Crippen molar-refractivity contribution < 1.29 is 4.39 Å². The lowest BCUT2D eigenvalue weighted by atomic mass is 9.81. The molecule has 2 heterocycles. The van der Waals surface area contributed by atoms with Gasteiger partial charge in [0.2, 0.25) is 0 Å². The molecule has 2 unspecified atom stereocenters. The van der Waals surface area contributed by atoms with E-state index in [1.54, 1.807) is 6.07 Å². The molecule has 2 saturated heterocycles. The Balaban J connectivity index is 1.82. The Kier molecular flexibility index (Phi) is 3.74. The molecule has 0 radical (unpaired) electrons. The highest BCUT2D eigenvalue weighted by Gasteiger charge is 2.37. The average Bonchev–Trinajstić information content (AvgIpc) is 2.38. The minimum absolute atomic E-state index is 0.121. The van der Waals surface area contributed by atoms with Gasteiger partial charge in [-0.2, -0.15) is 0 Å². The van der Waals surface area contributed by atoms with E-state index in [4.69, 9.17) is 0 Å². The van der Waals surface area contributed by atoms with Crippen LogP contribution in [0.15, 0.2) is 24.3 Å². The second-order valence-electron chi connectivity index (χ2n) is 5.85. The second kappa shape index (κ2) is 5.49. The third-order valence-electron chi connectivity index (χ3n) is 4.57. The van der Waals surface area contributed by atoms with Crippen LogP contribution in [0.5, 0.6) is 0 Å². The minimum Gasteiger partial charge on any atom is -0.365 e. The molecule has 0 saturated carbocycles. The van der Waals surface area contributed by atoms with E-state index in [1.165, 1.54) is 38.2 Å². The third-order valence-corrected chi connectivity index (χ3v) is 4.57. The van der Waals surface area contributed by atoms with Crippen LogP contribution in [-0.2, 0) is 0 Å². The third kappa shape index (κ3) is 2.62. The van der Waals surface area contributed by atoms with Gasteiger partial charge in [-0.15, -0.1) is 0 Å². The molecular formula is C16H23FN2. The van der Waals surface area contributed by atoms with E-state index in [9.17, 15) is 4.39 Å². The van der Waals surface area contributed by atoms with E-state index < -0.39 is 0 Å². The van der Waals surface area contributed by atoms with Crippen LogP contribution in [0, 0.1) is 5.82 Å². The van der Waals surface area contributed by atoms with Gasteiger partial charge in [-0.25, -0.2) is 4.39 Å². The number of rotatable bonds is 3. The number of anilines is 1. The normalized spacial score (nSPS) is 30.4. The summed E-state index contributed by atoms with van der Waals surface area (Å²) in [6, 6.07) is 8.92. The predicted molar refractivity (Wildman–Crippen MR) is 77.0 cm³/mol. The number of piperidine rings is 2. The molecule has 1 N–H and O–H groups in total. The standard InChI is InChI=1S/C16H23FN2/c1-2-18-13-10-15-7-4-8-16(11-13)19(15)14-6-3-5-12(17)9-14/h3,5-6,9,13,15-16,18H,2,4,7-8,10-11H2,1H3. The first-order valence-electron chi connectivity index (χ1n) is 7.55. The summed E-state index contributed by atoms with van der Waals surface area (Å²) in [7, 11) is 0. The number of halogens is 1. The van der Waals surface area contributed by atoms with Gasteiger partial charge in [0, 0.05) is 23.8 Å². The lowest BCUT2D eigenvalue weighted by molar-refractivity contribution is 0.247. The molecule has 0 aliphatic carbocycles. The molecular weight excluding hydrogens is 239 g/mol. The van der Waals surface area contributed by atoms with Gasteiger partial charge < -0.3 is 10.2 Å². The highest BCUT2D eigenvalue weighted by molar-refractivity contribution is 5.50. The van der Waals surface area contributed by atoms with Crippen molar-refractivity contribution in [2.75, 3.05) is 11.4 Å². The van der Waals surface area contributed by atoms with Gasteiger partial charge in [0.25, 0.3) is 0 Å². The zero-order valence-corrected chi connectivity index (χ0v) is 11.6. The van der Waals surface area contributed by atoms with E-state index in [1.807, 2.05) is 6.07 Å². The number of benzene rings is 1. The van der Waals surface area contributed by atoms with Crippen molar-refractivity contribution in [2.45, 2.75) is 57.2 Å². The first-order chi connectivity index (χ1) is 9.28. The monoisotopic (exact) mass is 262 g/mol. The number of fused-ring (bicyclic) bond motifs is 2. The van der Waals surface area contributed by atoms with Crippen LogP contribution >= 0.6 is 0 Å². The zero-order valence-electron chi connectivity index (χ0n) is 11.6. The van der Waals surface area contributed by atoms with Crippen LogP contribution in [0.1, 0.15) is 39.0 Å². The summed E-state index contributed by atoms with van der Waals surface area (Å²) in [5, 5.41) is 3.60. The number of nitrogens with one attached hydrogen (secondary N) is 1. The quantitative estimate of drug-likeness (QED) is 0.899. The van der Waals surface area contributed by atoms with Gasteiger partial charge in [-0.05, 0) is 56.8 Å². The zero-order chi connectivity index (χ0) is 13.2. The molecule has 0 amide bonds. The molecule has 2 aliphatic heterocycles. The first-order valence-corrected chi connectivity index (χ1v) is 7.55. The van der Waals surface area contributed by atoms with E-state index in [0.29, 0.717) is 18.1 Å². The van der Waals surface area contributed by atoms with Gasteiger partial charge in [0.15, 0.2) is 0 Å². The van der Waals surface area contributed by atoms with Crippen molar-refractivity contribution in [3.8, 4) is 0 Å². The van der Waals surface area contributed by atoms with Crippen molar-refractivity contribution in [3.05, 3.63) is 30.1 Å². The topological polar surface area (TPSA) is 15.3 Å². The summed E-state index contributed by atoms with van der Waals surface area (Å²) in [6.07, 6.45) is 6.20. The van der Waals surface area contributed by atoms with Crippen molar-refractivity contribution in [1.82, 2.24) is 5.32 Å². The van der Waals surface area contributed by atoms with Gasteiger partial charge in [0.1, 0.15) is 5.82 Å². The van der Waals surface area contributed by atoms with Crippen molar-refractivity contribution >= 4 is 5.69 Å². The van der Waals surface area contributed by atoms with Gasteiger partial charge >= 0.3 is 0 Å². The Labute approximate surface area is 115 Å². The molecule has 2 bridgehead atoms. The summed E-state index contributed by atoms with van der Waals surface area (Å²) in [6.45, 7) is 3.22. The highest BCUT2D eigenvalue weighted by atomic mass is 19.1. The fourth-order valence-corrected chi connectivity index (χ4v) is 3.90. The molecule has 2 aliphatic rings. The predicted octanol–water partition coefficient (Wildman–Crippen LogP) is 3.33. The number of hydrogen-bond donors (Lipinski definition) is 1. The Morgan fingerprint density at radius 3 is 2.63 bits per heavy atom. The van der Waals surface area contributed by atoms with Crippen molar-refractivity contribution in [2.24, 2.45) is 0 Å². The minimum atomic E-state index is -0.121. The lowest BCUT2D eigenvalue weighted by Crippen LogP contribution is -2.56. The van der Waals surface area contributed by atoms with Crippen LogP contribution in [0.2, 0.25) is 0 Å². The van der Waals surface area contributed by atoms with Crippen LogP contribution in [0.3, 0.4) is 0 Å².